The summed E-state index contributed by atoms with van der Waals surface area (Å²) in [5.74, 6) is 0.854. The Morgan fingerprint density at radius 3 is 2.27 bits per heavy atom. The maximum absolute atomic E-state index is 12.8. The van der Waals surface area contributed by atoms with E-state index >= 15 is 0 Å². The summed E-state index contributed by atoms with van der Waals surface area (Å²) in [6, 6.07) is 4.95. The normalized spacial score (nSPS) is 26.5. The molecule has 0 spiro atoms. The number of hydrogen-bond acceptors (Lipinski definition) is 5. The van der Waals surface area contributed by atoms with Gasteiger partial charge in [-0.25, -0.2) is 0 Å². The molecule has 3 aliphatic heterocycles. The number of rotatable bonds is 5. The summed E-state index contributed by atoms with van der Waals surface area (Å²) in [5, 5.41) is 0. The van der Waals surface area contributed by atoms with Crippen LogP contribution in [0.1, 0.15) is 50.6 Å². The zero-order chi connectivity index (χ0) is 21.1. The Hall–Kier alpha value is -1.99. The van der Waals surface area contributed by atoms with Crippen LogP contribution < -0.4 is 0 Å². The van der Waals surface area contributed by atoms with Crippen LogP contribution in [0.3, 0.4) is 0 Å². The summed E-state index contributed by atoms with van der Waals surface area (Å²) in [4.78, 5) is 34.9. The Labute approximate surface area is 179 Å². The largest absolute Gasteiger partial charge is 0.378 e. The minimum Gasteiger partial charge on any atom is -0.378 e. The van der Waals surface area contributed by atoms with Crippen LogP contribution in [0, 0.1) is 5.92 Å². The summed E-state index contributed by atoms with van der Waals surface area (Å²) in [5.41, 5.74) is 1.26. The van der Waals surface area contributed by atoms with Gasteiger partial charge in [0.25, 0.3) is 0 Å². The molecule has 3 fully saturated rings. The van der Waals surface area contributed by atoms with E-state index in [0.29, 0.717) is 24.3 Å². The highest BCUT2D eigenvalue weighted by Gasteiger charge is 2.44. The van der Waals surface area contributed by atoms with Gasteiger partial charge in [-0.3, -0.25) is 19.5 Å². The third-order valence-electron chi connectivity index (χ3n) is 7.26. The molecular weight excluding hydrogens is 380 g/mol. The molecule has 4 heterocycles. The van der Waals surface area contributed by atoms with Gasteiger partial charge >= 0.3 is 0 Å². The van der Waals surface area contributed by atoms with E-state index in [0.717, 1.165) is 58.4 Å². The fourth-order valence-corrected chi connectivity index (χ4v) is 5.32. The number of pyridine rings is 1. The molecule has 4 rings (SSSR count). The second-order valence-electron chi connectivity index (χ2n) is 8.96. The Morgan fingerprint density at radius 2 is 1.67 bits per heavy atom. The predicted octanol–water partition coefficient (Wildman–Crippen LogP) is 2.09. The van der Waals surface area contributed by atoms with Gasteiger partial charge in [0.15, 0.2) is 0 Å². The van der Waals surface area contributed by atoms with Gasteiger partial charge in [-0.05, 0) is 49.3 Å². The van der Waals surface area contributed by atoms with Crippen LogP contribution in [0.5, 0.6) is 0 Å². The molecule has 0 radical (unpaired) electrons. The van der Waals surface area contributed by atoms with Gasteiger partial charge in [0.2, 0.25) is 11.8 Å². The molecule has 0 saturated carbocycles. The van der Waals surface area contributed by atoms with Crippen molar-refractivity contribution < 1.29 is 14.3 Å². The van der Waals surface area contributed by atoms with Crippen LogP contribution in [0.4, 0.5) is 0 Å². The highest BCUT2D eigenvalue weighted by molar-refractivity contribution is 5.76. The minimum absolute atomic E-state index is 0.147. The summed E-state index contributed by atoms with van der Waals surface area (Å²) in [7, 11) is 1.79. The predicted molar refractivity (Wildman–Crippen MR) is 114 cm³/mol. The molecule has 0 unspecified atom stereocenters. The number of amides is 2. The fraction of sp³-hybridized carbons (Fsp3) is 0.696. The molecule has 3 aliphatic rings. The molecule has 1 aromatic rings. The molecule has 0 aliphatic carbocycles. The van der Waals surface area contributed by atoms with E-state index < -0.39 is 0 Å². The lowest BCUT2D eigenvalue weighted by Gasteiger charge is -2.53. The van der Waals surface area contributed by atoms with E-state index in [1.165, 1.54) is 5.56 Å². The number of nitrogens with zero attached hydrogens (tertiary/aromatic N) is 4. The number of likely N-dealkylation sites (tertiary alicyclic amines) is 3. The van der Waals surface area contributed by atoms with Gasteiger partial charge in [-0.1, -0.05) is 0 Å². The molecule has 0 bridgehead atoms. The van der Waals surface area contributed by atoms with Gasteiger partial charge in [0.1, 0.15) is 0 Å². The maximum Gasteiger partial charge on any atom is 0.222 e. The van der Waals surface area contributed by atoms with Gasteiger partial charge in [-0.2, -0.15) is 0 Å². The molecule has 2 atom stereocenters. The molecule has 7 heteroatoms. The van der Waals surface area contributed by atoms with Crippen molar-refractivity contribution in [2.24, 2.45) is 5.92 Å². The first-order valence-corrected chi connectivity index (χ1v) is 11.3. The van der Waals surface area contributed by atoms with Crippen LogP contribution in [0.2, 0.25) is 0 Å². The number of hydrogen-bond donors (Lipinski definition) is 0. The number of methoxy groups -OCH3 is 1. The summed E-state index contributed by atoms with van der Waals surface area (Å²) in [6.07, 6.45) is 8.49. The van der Waals surface area contributed by atoms with Gasteiger partial charge in [0.05, 0.1) is 12.1 Å². The summed E-state index contributed by atoms with van der Waals surface area (Å²) in [6.45, 7) is 5.85. The van der Waals surface area contributed by atoms with E-state index in [4.69, 9.17) is 4.74 Å². The van der Waals surface area contributed by atoms with Crippen molar-refractivity contribution in [2.75, 3.05) is 39.8 Å². The maximum atomic E-state index is 12.8. The third-order valence-corrected chi connectivity index (χ3v) is 7.26. The minimum atomic E-state index is 0.147. The molecule has 1 aromatic heterocycles. The van der Waals surface area contributed by atoms with Crippen LogP contribution in [0.15, 0.2) is 24.5 Å². The number of carbonyl (C=O) groups is 2. The van der Waals surface area contributed by atoms with E-state index in [9.17, 15) is 9.59 Å². The molecule has 2 amide bonds. The number of aromatic nitrogens is 1. The van der Waals surface area contributed by atoms with E-state index in [-0.39, 0.29) is 18.1 Å². The highest BCUT2D eigenvalue weighted by atomic mass is 16.5. The van der Waals surface area contributed by atoms with Crippen LogP contribution in [-0.4, -0.2) is 83.5 Å². The van der Waals surface area contributed by atoms with Gasteiger partial charge in [-0.15, -0.1) is 0 Å². The van der Waals surface area contributed by atoms with Crippen molar-refractivity contribution in [3.05, 3.63) is 30.1 Å². The van der Waals surface area contributed by atoms with Crippen LogP contribution in [0.25, 0.3) is 0 Å². The number of carbonyl (C=O) groups excluding carboxylic acids is 2. The molecule has 0 N–H and O–H groups in total. The lowest BCUT2D eigenvalue weighted by atomic mass is 9.87. The Bertz CT molecular complexity index is 727. The van der Waals surface area contributed by atoms with Gasteiger partial charge in [0, 0.05) is 71.6 Å². The first kappa shape index (κ1) is 21.2. The van der Waals surface area contributed by atoms with Crippen molar-refractivity contribution in [1.29, 1.82) is 0 Å². The van der Waals surface area contributed by atoms with E-state index in [1.807, 2.05) is 17.3 Å². The first-order chi connectivity index (χ1) is 14.6. The first-order valence-electron chi connectivity index (χ1n) is 11.3. The zero-order valence-corrected chi connectivity index (χ0v) is 18.2. The molecule has 0 aromatic carbocycles. The second-order valence-corrected chi connectivity index (χ2v) is 8.96. The van der Waals surface area contributed by atoms with Crippen molar-refractivity contribution in [3.8, 4) is 0 Å². The highest BCUT2D eigenvalue weighted by Crippen LogP contribution is 2.39. The topological polar surface area (TPSA) is 66.0 Å². The van der Waals surface area contributed by atoms with Crippen LogP contribution >= 0.6 is 0 Å². The molecule has 30 heavy (non-hydrogen) atoms. The van der Waals surface area contributed by atoms with E-state index in [1.54, 1.807) is 14.0 Å². The van der Waals surface area contributed by atoms with E-state index in [2.05, 4.69) is 26.9 Å². The second kappa shape index (κ2) is 9.43. The quantitative estimate of drug-likeness (QED) is 0.738. The molecule has 164 valence electrons. The Kier molecular flexibility index (Phi) is 6.68. The monoisotopic (exact) mass is 414 g/mol. The van der Waals surface area contributed by atoms with Gasteiger partial charge < -0.3 is 14.5 Å². The lowest BCUT2D eigenvalue weighted by Crippen LogP contribution is -2.60. The summed E-state index contributed by atoms with van der Waals surface area (Å²) >= 11 is 0. The lowest BCUT2D eigenvalue weighted by molar-refractivity contribution is -0.139. The molecule has 7 nitrogen and oxygen atoms in total. The number of piperidine rings is 2. The van der Waals surface area contributed by atoms with Crippen LogP contribution in [-0.2, 0) is 14.3 Å². The fourth-order valence-electron chi connectivity index (χ4n) is 5.32. The zero-order valence-electron chi connectivity index (χ0n) is 18.2. The Balaban J connectivity index is 1.26. The van der Waals surface area contributed by atoms with Crippen molar-refractivity contribution in [3.63, 3.8) is 0 Å². The SMILES string of the molecule is CO[C@H]1CN(C2CCN(C(=O)CC3CCN(C(C)=O)CC3)CC2)[C@H]1c1ccncc1. The van der Waals surface area contributed by atoms with Crippen molar-refractivity contribution >= 4 is 11.8 Å². The standard InChI is InChI=1S/C23H34N4O3/c1-17(28)25-11-5-18(6-12-25)15-22(29)26-13-7-20(8-14-26)27-16-21(30-2)23(27)19-3-9-24-10-4-19/h3-4,9-10,18,20-21,23H,5-8,11-16H2,1-2H3/t21-,23-/m0/s1. The smallest absolute Gasteiger partial charge is 0.222 e. The average Bonchev–Trinajstić information content (AvgIpc) is 2.75. The Morgan fingerprint density at radius 1 is 1.03 bits per heavy atom. The van der Waals surface area contributed by atoms with Crippen molar-refractivity contribution in [1.82, 2.24) is 19.7 Å². The molecular formula is C23H34N4O3. The summed E-state index contributed by atoms with van der Waals surface area (Å²) < 4.78 is 5.69. The van der Waals surface area contributed by atoms with Crippen molar-refractivity contribution in [2.45, 2.75) is 57.2 Å². The number of ether oxygens (including phenoxy) is 1. The third kappa shape index (κ3) is 4.52. The molecule has 3 saturated heterocycles. The average molecular weight is 415 g/mol.